The highest BCUT2D eigenvalue weighted by molar-refractivity contribution is 5.47. The van der Waals surface area contributed by atoms with Crippen LogP contribution in [0.15, 0.2) is 24.5 Å². The molecule has 0 atom stereocenters. The first kappa shape index (κ1) is 14.2. The molecular weight excluding hydrogens is 256 g/mol. The number of hydrogen-bond donors (Lipinski definition) is 1. The molecule has 6 heteroatoms. The number of nitrogens with two attached hydrogens (primary N) is 1. The van der Waals surface area contributed by atoms with Gasteiger partial charge in [-0.25, -0.2) is 0 Å². The fourth-order valence-electron chi connectivity index (χ4n) is 2.35. The first-order valence-electron chi connectivity index (χ1n) is 6.48. The largest absolute Gasteiger partial charge is 0.345 e. The second kappa shape index (κ2) is 5.83. The van der Waals surface area contributed by atoms with Gasteiger partial charge in [0, 0.05) is 23.7 Å². The Morgan fingerprint density at radius 2 is 2.20 bits per heavy atom. The Kier molecular flexibility index (Phi) is 4.14. The van der Waals surface area contributed by atoms with E-state index in [0.29, 0.717) is 24.2 Å². The Labute approximate surface area is 117 Å². The molecule has 0 saturated heterocycles. The zero-order chi connectivity index (χ0) is 14.7. The van der Waals surface area contributed by atoms with Gasteiger partial charge >= 0.3 is 0 Å². The summed E-state index contributed by atoms with van der Waals surface area (Å²) in [5.74, 6) is 0. The van der Waals surface area contributed by atoms with E-state index in [9.17, 15) is 10.1 Å². The minimum atomic E-state index is -0.341. The van der Waals surface area contributed by atoms with E-state index in [1.165, 1.54) is 0 Å². The monoisotopic (exact) mass is 274 g/mol. The van der Waals surface area contributed by atoms with Crippen LogP contribution in [0.3, 0.4) is 0 Å². The summed E-state index contributed by atoms with van der Waals surface area (Å²) in [4.78, 5) is 15.1. The molecule has 6 nitrogen and oxygen atoms in total. The van der Waals surface area contributed by atoms with Crippen LogP contribution in [0.2, 0.25) is 0 Å². The normalized spacial score (nSPS) is 10.8. The van der Waals surface area contributed by atoms with E-state index in [-0.39, 0.29) is 10.6 Å². The summed E-state index contributed by atoms with van der Waals surface area (Å²) in [7, 11) is 0. The van der Waals surface area contributed by atoms with Crippen LogP contribution in [0, 0.1) is 24.0 Å². The number of aryl methyl sites for hydroxylation is 1. The van der Waals surface area contributed by atoms with E-state index < -0.39 is 0 Å². The average molecular weight is 274 g/mol. The van der Waals surface area contributed by atoms with Crippen molar-refractivity contribution < 1.29 is 4.92 Å². The van der Waals surface area contributed by atoms with Gasteiger partial charge in [-0.1, -0.05) is 0 Å². The number of nitrogens with zero attached hydrogens (tertiary/aromatic N) is 3. The van der Waals surface area contributed by atoms with Gasteiger partial charge in [0.2, 0.25) is 0 Å². The number of hydrogen-bond acceptors (Lipinski definition) is 4. The Hall–Kier alpha value is -2.21. The summed E-state index contributed by atoms with van der Waals surface area (Å²) >= 11 is 0. The summed E-state index contributed by atoms with van der Waals surface area (Å²) in [5, 5.41) is 11.1. The smallest absolute Gasteiger partial charge is 0.278 e. The van der Waals surface area contributed by atoms with Gasteiger partial charge in [0.25, 0.3) is 5.69 Å². The van der Waals surface area contributed by atoms with E-state index >= 15 is 0 Å². The zero-order valence-electron chi connectivity index (χ0n) is 11.7. The third-order valence-corrected chi connectivity index (χ3v) is 3.40. The third kappa shape index (κ3) is 2.70. The summed E-state index contributed by atoms with van der Waals surface area (Å²) in [6.07, 6.45) is 4.28. The van der Waals surface area contributed by atoms with Gasteiger partial charge in [0.05, 0.1) is 22.7 Å². The highest BCUT2D eigenvalue weighted by Gasteiger charge is 2.19. The van der Waals surface area contributed by atoms with Gasteiger partial charge in [-0.3, -0.25) is 15.1 Å². The molecule has 0 aromatic carbocycles. The van der Waals surface area contributed by atoms with Gasteiger partial charge in [0.1, 0.15) is 0 Å². The minimum absolute atomic E-state index is 0.155. The predicted molar refractivity (Wildman–Crippen MR) is 76.7 cm³/mol. The fourth-order valence-corrected chi connectivity index (χ4v) is 2.35. The first-order chi connectivity index (χ1) is 9.54. The van der Waals surface area contributed by atoms with Crippen LogP contribution in [-0.4, -0.2) is 21.0 Å². The molecule has 0 unspecified atom stereocenters. The van der Waals surface area contributed by atoms with Gasteiger partial charge in [-0.2, -0.15) is 0 Å². The molecule has 0 aliphatic heterocycles. The molecular formula is C14H18N4O2. The Morgan fingerprint density at radius 1 is 1.45 bits per heavy atom. The van der Waals surface area contributed by atoms with Gasteiger partial charge < -0.3 is 10.3 Å². The fraction of sp³-hybridized carbons (Fsp3) is 0.357. The van der Waals surface area contributed by atoms with Crippen molar-refractivity contribution >= 4 is 5.69 Å². The van der Waals surface area contributed by atoms with Crippen molar-refractivity contribution in [2.75, 3.05) is 6.54 Å². The standard InChI is InChI=1S/C14H18N4O2/c1-10-8-16-13(11(2)14(10)18(19)20)9-17-7-3-4-12(17)5-6-15/h3-4,7-8H,5-6,9,15H2,1-2H3. The van der Waals surface area contributed by atoms with Crippen molar-refractivity contribution in [2.24, 2.45) is 5.73 Å². The molecule has 0 bridgehead atoms. The maximum absolute atomic E-state index is 11.1. The summed E-state index contributed by atoms with van der Waals surface area (Å²) in [6, 6.07) is 3.95. The number of aromatic nitrogens is 2. The maximum atomic E-state index is 11.1. The van der Waals surface area contributed by atoms with Gasteiger partial charge in [-0.15, -0.1) is 0 Å². The molecule has 2 aromatic heterocycles. The highest BCUT2D eigenvalue weighted by atomic mass is 16.6. The van der Waals surface area contributed by atoms with E-state index in [4.69, 9.17) is 5.73 Å². The van der Waals surface area contributed by atoms with Crippen LogP contribution in [0.5, 0.6) is 0 Å². The van der Waals surface area contributed by atoms with Crippen LogP contribution in [0.1, 0.15) is 22.5 Å². The van der Waals surface area contributed by atoms with E-state index in [2.05, 4.69) is 4.98 Å². The molecule has 2 aromatic rings. The minimum Gasteiger partial charge on any atom is -0.345 e. The van der Waals surface area contributed by atoms with Crippen molar-refractivity contribution in [3.8, 4) is 0 Å². The molecule has 106 valence electrons. The molecule has 20 heavy (non-hydrogen) atoms. The Balaban J connectivity index is 2.37. The van der Waals surface area contributed by atoms with Crippen LogP contribution < -0.4 is 5.73 Å². The quantitative estimate of drug-likeness (QED) is 0.667. The van der Waals surface area contributed by atoms with Crippen LogP contribution in [0.25, 0.3) is 0 Å². The van der Waals surface area contributed by atoms with Crippen LogP contribution in [0.4, 0.5) is 5.69 Å². The second-order valence-corrected chi connectivity index (χ2v) is 4.78. The van der Waals surface area contributed by atoms with Gasteiger partial charge in [-0.05, 0) is 38.9 Å². The van der Waals surface area contributed by atoms with Crippen LogP contribution in [-0.2, 0) is 13.0 Å². The highest BCUT2D eigenvalue weighted by Crippen LogP contribution is 2.24. The van der Waals surface area contributed by atoms with Crippen LogP contribution >= 0.6 is 0 Å². The van der Waals surface area contributed by atoms with Crippen molar-refractivity contribution in [1.29, 1.82) is 0 Å². The number of pyridine rings is 1. The molecule has 0 radical (unpaired) electrons. The Bertz CT molecular complexity index is 634. The SMILES string of the molecule is Cc1cnc(Cn2cccc2CCN)c(C)c1[N+](=O)[O-]. The number of rotatable bonds is 5. The lowest BCUT2D eigenvalue weighted by Gasteiger charge is -2.11. The summed E-state index contributed by atoms with van der Waals surface area (Å²) < 4.78 is 2.03. The molecule has 2 heterocycles. The molecule has 0 spiro atoms. The second-order valence-electron chi connectivity index (χ2n) is 4.78. The maximum Gasteiger partial charge on any atom is 0.278 e. The summed E-state index contributed by atoms with van der Waals surface area (Å²) in [5.41, 5.74) is 8.78. The molecule has 2 N–H and O–H groups in total. The lowest BCUT2D eigenvalue weighted by atomic mass is 10.1. The average Bonchev–Trinajstić information content (AvgIpc) is 2.80. The zero-order valence-corrected chi connectivity index (χ0v) is 11.7. The molecule has 0 aliphatic carbocycles. The lowest BCUT2D eigenvalue weighted by molar-refractivity contribution is -0.386. The van der Waals surface area contributed by atoms with Gasteiger partial charge in [0.15, 0.2) is 0 Å². The molecule has 0 saturated carbocycles. The molecule has 2 rings (SSSR count). The predicted octanol–water partition coefficient (Wildman–Crippen LogP) is 1.96. The van der Waals surface area contributed by atoms with E-state index in [1.807, 2.05) is 22.9 Å². The lowest BCUT2D eigenvalue weighted by Crippen LogP contribution is -2.11. The van der Waals surface area contributed by atoms with Crippen molar-refractivity contribution in [1.82, 2.24) is 9.55 Å². The van der Waals surface area contributed by atoms with E-state index in [1.54, 1.807) is 20.0 Å². The van der Waals surface area contributed by atoms with Crippen molar-refractivity contribution in [2.45, 2.75) is 26.8 Å². The Morgan fingerprint density at radius 3 is 2.85 bits per heavy atom. The van der Waals surface area contributed by atoms with Crippen molar-refractivity contribution in [3.05, 3.63) is 57.2 Å². The first-order valence-corrected chi connectivity index (χ1v) is 6.48. The third-order valence-electron chi connectivity index (χ3n) is 3.40. The topological polar surface area (TPSA) is 87.0 Å². The molecule has 0 amide bonds. The number of nitro groups is 1. The van der Waals surface area contributed by atoms with E-state index in [0.717, 1.165) is 17.8 Å². The molecule has 0 fully saturated rings. The molecule has 0 aliphatic rings. The van der Waals surface area contributed by atoms with Crippen molar-refractivity contribution in [3.63, 3.8) is 0 Å². The summed E-state index contributed by atoms with van der Waals surface area (Å²) in [6.45, 7) is 4.55.